The van der Waals surface area contributed by atoms with Crippen molar-refractivity contribution in [2.45, 2.75) is 76.0 Å². The van der Waals surface area contributed by atoms with Crippen molar-refractivity contribution in [3.8, 4) is 0 Å². The molecule has 216 valence electrons. The first kappa shape index (κ1) is 34.6. The van der Waals surface area contributed by atoms with Crippen molar-refractivity contribution in [2.75, 3.05) is 82.6 Å². The topological polar surface area (TPSA) is 49.9 Å². The van der Waals surface area contributed by atoms with Crippen LogP contribution in [0.3, 0.4) is 0 Å². The van der Waals surface area contributed by atoms with Gasteiger partial charge in [-0.25, -0.2) is 0 Å². The van der Waals surface area contributed by atoms with Crippen molar-refractivity contribution in [3.05, 3.63) is 0 Å². The summed E-state index contributed by atoms with van der Waals surface area (Å²) in [4.78, 5) is 9.02. The number of hydrogen-bond donors (Lipinski definition) is 0. The minimum absolute atomic E-state index is 0.989. The summed E-state index contributed by atoms with van der Waals surface area (Å²) in [6, 6.07) is 3.96. The van der Waals surface area contributed by atoms with E-state index in [1.807, 2.05) is 0 Å². The Hall–Kier alpha value is 0.548. The minimum atomic E-state index is -2.49. The van der Waals surface area contributed by atoms with E-state index in [1.54, 1.807) is 0 Å². The highest BCUT2D eigenvalue weighted by molar-refractivity contribution is 6.93. The van der Waals surface area contributed by atoms with Crippen molar-refractivity contribution in [3.63, 3.8) is 0 Å². The van der Waals surface area contributed by atoms with Gasteiger partial charge in [0, 0.05) is 0 Å². The molecule has 0 aliphatic carbocycles. The molecule has 0 unspecified atom stereocenters. The molecule has 1 heterocycles. The normalized spacial score (nSPS) is 32.0. The van der Waals surface area contributed by atoms with Crippen LogP contribution >= 0.6 is 0 Å². The van der Waals surface area contributed by atoms with Crippen LogP contribution in [0.2, 0.25) is 50.4 Å². The summed E-state index contributed by atoms with van der Waals surface area (Å²) in [5, 5.41) is 0. The van der Waals surface area contributed by atoms with Crippen LogP contribution in [0, 0.1) is 0 Å². The first-order valence-electron chi connectivity index (χ1n) is 13.9. The highest BCUT2D eigenvalue weighted by Gasteiger charge is 2.56. The molecule has 0 bridgehead atoms. The molecule has 12 heteroatoms. The maximum atomic E-state index is 7.24. The third-order valence-electron chi connectivity index (χ3n) is 6.67. The highest BCUT2D eigenvalue weighted by atomic mass is 28.5. The largest absolute Gasteiger partial charge is 0.416 e. The molecule has 0 atom stereocenters. The Morgan fingerprint density at radius 2 is 0.528 bits per heavy atom. The van der Waals surface area contributed by atoms with Crippen LogP contribution in [-0.4, -0.2) is 136 Å². The fourth-order valence-corrected chi connectivity index (χ4v) is 28.4. The Balaban J connectivity index is 3.28. The van der Waals surface area contributed by atoms with Crippen LogP contribution < -0.4 is 0 Å². The van der Waals surface area contributed by atoms with Crippen LogP contribution in [0.1, 0.15) is 25.7 Å². The molecule has 0 saturated carbocycles. The zero-order valence-corrected chi connectivity index (χ0v) is 29.9. The van der Waals surface area contributed by atoms with Crippen LogP contribution in [0.5, 0.6) is 0 Å². The third-order valence-corrected chi connectivity index (χ3v) is 25.5. The summed E-state index contributed by atoms with van der Waals surface area (Å²) in [5.41, 5.74) is 0. The quantitative estimate of drug-likeness (QED) is 0.252. The van der Waals surface area contributed by atoms with Crippen molar-refractivity contribution >= 4 is 34.2 Å². The summed E-state index contributed by atoms with van der Waals surface area (Å²) in [6.07, 6.45) is 4.32. The number of nitrogens with zero attached hydrogens (tertiary/aromatic N) is 4. The Bertz CT molecular complexity index is 517. The Morgan fingerprint density at radius 1 is 0.361 bits per heavy atom. The molecular formula is C24H60N4O4Si4. The third kappa shape index (κ3) is 14.1. The van der Waals surface area contributed by atoms with Crippen molar-refractivity contribution in [1.82, 2.24) is 19.6 Å². The highest BCUT2D eigenvalue weighted by Crippen LogP contribution is 2.38. The molecule has 1 rings (SSSR count). The Kier molecular flexibility index (Phi) is 14.8. The zero-order chi connectivity index (χ0) is 27.6. The van der Waals surface area contributed by atoms with Gasteiger partial charge in [-0.3, -0.25) is 0 Å². The van der Waals surface area contributed by atoms with E-state index in [9.17, 15) is 0 Å². The Labute approximate surface area is 228 Å². The monoisotopic (exact) mass is 580 g/mol. The number of rotatable bonds is 16. The van der Waals surface area contributed by atoms with Crippen LogP contribution in [-0.2, 0) is 16.5 Å². The van der Waals surface area contributed by atoms with Gasteiger partial charge >= 0.3 is 34.2 Å². The molecule has 36 heavy (non-hydrogen) atoms. The molecule has 1 aliphatic rings. The van der Waals surface area contributed by atoms with Gasteiger partial charge in [0.1, 0.15) is 0 Å². The van der Waals surface area contributed by atoms with Gasteiger partial charge in [0.05, 0.1) is 0 Å². The van der Waals surface area contributed by atoms with Crippen molar-refractivity contribution in [1.29, 1.82) is 0 Å². The fourth-order valence-electron chi connectivity index (χ4n) is 5.18. The lowest BCUT2D eigenvalue weighted by Gasteiger charge is -2.50. The van der Waals surface area contributed by atoms with E-state index in [2.05, 4.69) is 102 Å². The van der Waals surface area contributed by atoms with Gasteiger partial charge in [-0.2, -0.15) is 0 Å². The van der Waals surface area contributed by atoms with E-state index in [1.165, 1.54) is 0 Å². The van der Waals surface area contributed by atoms with E-state index < -0.39 is 34.2 Å². The van der Waals surface area contributed by atoms with Gasteiger partial charge in [0.2, 0.25) is 0 Å². The first-order valence-corrected chi connectivity index (χ1v) is 24.0. The molecule has 0 spiro atoms. The molecule has 0 aromatic rings. The van der Waals surface area contributed by atoms with E-state index in [4.69, 9.17) is 16.5 Å². The molecule has 0 aromatic carbocycles. The average molecular weight is 581 g/mol. The predicted octanol–water partition coefficient (Wildman–Crippen LogP) is 4.16. The second kappa shape index (κ2) is 15.4. The number of hydrogen-bond acceptors (Lipinski definition) is 8. The fraction of sp³-hybridized carbons (Fsp3) is 1.00. The molecule has 0 aromatic heterocycles. The van der Waals surface area contributed by atoms with E-state index in [0.717, 1.165) is 76.0 Å². The standard InChI is InChI=1S/C24H60N4O4Si4/c1-25(2)17-13-21-33(9)29-34(10,22-14-18-26(3)4)31-36(12,24-16-20-28(7)8)32-35(11,30-33)23-15-19-27(5)6/h13-24H2,1-12H3. The maximum Gasteiger partial charge on any atom is 0.317 e. The van der Waals surface area contributed by atoms with Gasteiger partial charge in [0.25, 0.3) is 0 Å². The summed E-state index contributed by atoms with van der Waals surface area (Å²) >= 11 is 0. The van der Waals surface area contributed by atoms with Crippen LogP contribution in [0.15, 0.2) is 0 Å². The minimum Gasteiger partial charge on any atom is -0.416 e. The summed E-state index contributed by atoms with van der Waals surface area (Å²) in [6.45, 7) is 13.4. The van der Waals surface area contributed by atoms with Gasteiger partial charge in [-0.1, -0.05) is 0 Å². The second-order valence-electron chi connectivity index (χ2n) is 12.6. The van der Waals surface area contributed by atoms with Crippen LogP contribution in [0.4, 0.5) is 0 Å². The summed E-state index contributed by atoms with van der Waals surface area (Å²) in [7, 11) is 7.16. The molecule has 1 saturated heterocycles. The van der Waals surface area contributed by atoms with Crippen molar-refractivity contribution in [2.24, 2.45) is 0 Å². The zero-order valence-electron chi connectivity index (χ0n) is 25.9. The van der Waals surface area contributed by atoms with Crippen molar-refractivity contribution < 1.29 is 16.5 Å². The second-order valence-corrected chi connectivity index (χ2v) is 26.9. The van der Waals surface area contributed by atoms with Gasteiger partial charge in [-0.05, 0) is 159 Å². The van der Waals surface area contributed by atoms with Gasteiger partial charge in [0.15, 0.2) is 0 Å². The van der Waals surface area contributed by atoms with Gasteiger partial charge in [-0.15, -0.1) is 0 Å². The lowest BCUT2D eigenvalue weighted by molar-refractivity contribution is 0.217. The lowest BCUT2D eigenvalue weighted by atomic mass is 10.5. The lowest BCUT2D eigenvalue weighted by Crippen LogP contribution is -2.67. The predicted molar refractivity (Wildman–Crippen MR) is 163 cm³/mol. The Morgan fingerprint density at radius 3 is 0.667 bits per heavy atom. The molecule has 0 radical (unpaired) electrons. The average Bonchev–Trinajstić information content (AvgIpc) is 2.64. The first-order chi connectivity index (χ1) is 16.5. The smallest absolute Gasteiger partial charge is 0.317 e. The van der Waals surface area contributed by atoms with Gasteiger partial charge < -0.3 is 36.1 Å². The van der Waals surface area contributed by atoms with E-state index >= 15 is 0 Å². The maximum absolute atomic E-state index is 7.24. The van der Waals surface area contributed by atoms with Crippen LogP contribution in [0.25, 0.3) is 0 Å². The molecule has 1 aliphatic heterocycles. The molecular weight excluding hydrogens is 521 g/mol. The summed E-state index contributed by atoms with van der Waals surface area (Å²) in [5.74, 6) is 0. The molecule has 8 nitrogen and oxygen atoms in total. The SMILES string of the molecule is CN(C)CCC[Si]1(C)O[Si](C)(CCCN(C)C)O[Si](C)(CCCN(C)C)O[Si](C)(CCCN(C)C)O1. The molecule has 0 amide bonds. The molecule has 0 N–H and O–H groups in total. The van der Waals surface area contributed by atoms with E-state index in [-0.39, 0.29) is 0 Å². The van der Waals surface area contributed by atoms with E-state index in [0.29, 0.717) is 0 Å². The summed E-state index contributed by atoms with van der Waals surface area (Å²) < 4.78 is 29.0. The molecule has 1 fully saturated rings.